The first kappa shape index (κ1) is 11.8. The molecule has 1 fully saturated rings. The maximum Gasteiger partial charge on any atom is 0.0815 e. The highest BCUT2D eigenvalue weighted by atomic mass is 16.7. The van der Waals surface area contributed by atoms with Crippen LogP contribution in [-0.4, -0.2) is 42.3 Å². The summed E-state index contributed by atoms with van der Waals surface area (Å²) in [6, 6.07) is 0. The van der Waals surface area contributed by atoms with Gasteiger partial charge in [0.15, 0.2) is 0 Å². The van der Waals surface area contributed by atoms with Gasteiger partial charge in [-0.2, -0.15) is 5.06 Å². The van der Waals surface area contributed by atoms with Crippen LogP contribution in [0.4, 0.5) is 0 Å². The van der Waals surface area contributed by atoms with Crippen LogP contribution >= 0.6 is 0 Å². The number of nitrogens with zero attached hydrogens (tertiary/aromatic N) is 1. The van der Waals surface area contributed by atoms with Crippen LogP contribution in [0.15, 0.2) is 0 Å². The number of hydrogen-bond acceptors (Lipinski definition) is 3. The molecule has 0 bridgehead atoms. The molecule has 0 radical (unpaired) electrons. The summed E-state index contributed by atoms with van der Waals surface area (Å²) in [7, 11) is 0. The first-order valence-electron chi connectivity index (χ1n) is 4.23. The molecule has 0 saturated carbocycles. The predicted octanol–water partition coefficient (Wildman–Crippen LogP) is -0.203. The number of nitrogens with one attached hydrogen (secondary N) is 1. The smallest absolute Gasteiger partial charge is 0.0815 e. The maximum absolute atomic E-state index is 5.67. The van der Waals surface area contributed by atoms with Gasteiger partial charge in [0.25, 0.3) is 0 Å². The van der Waals surface area contributed by atoms with E-state index in [0.29, 0.717) is 0 Å². The van der Waals surface area contributed by atoms with Crippen molar-refractivity contribution in [2.45, 2.75) is 26.4 Å². The molecule has 0 aromatic heterocycles. The fourth-order valence-electron chi connectivity index (χ4n) is 1.12. The zero-order valence-electron chi connectivity index (χ0n) is 8.18. The van der Waals surface area contributed by atoms with Gasteiger partial charge in [-0.3, -0.25) is 4.84 Å². The van der Waals surface area contributed by atoms with Gasteiger partial charge in [-0.1, -0.05) is 0 Å². The van der Waals surface area contributed by atoms with Gasteiger partial charge in [-0.05, 0) is 20.8 Å². The van der Waals surface area contributed by atoms with Crippen LogP contribution in [0.5, 0.6) is 0 Å². The molecule has 0 atom stereocenters. The highest BCUT2D eigenvalue weighted by Gasteiger charge is 2.18. The van der Waals surface area contributed by atoms with E-state index in [1.54, 1.807) is 0 Å². The average Bonchev–Trinajstić information content (AvgIpc) is 1.85. The lowest BCUT2D eigenvalue weighted by Gasteiger charge is -2.32. The highest BCUT2D eigenvalue weighted by molar-refractivity contribution is 4.64. The maximum atomic E-state index is 5.67. The van der Waals surface area contributed by atoms with Crippen molar-refractivity contribution in [2.75, 3.05) is 26.2 Å². The molecule has 0 spiro atoms. The van der Waals surface area contributed by atoms with Crippen molar-refractivity contribution in [3.63, 3.8) is 0 Å². The van der Waals surface area contributed by atoms with Crippen molar-refractivity contribution in [3.05, 3.63) is 0 Å². The molecule has 74 valence electrons. The van der Waals surface area contributed by atoms with Gasteiger partial charge in [-0.15, -0.1) is 0 Å². The van der Waals surface area contributed by atoms with E-state index in [4.69, 9.17) is 4.84 Å². The Labute approximate surface area is 74.1 Å². The molecular formula is C8H20N2O2. The molecule has 0 aromatic rings. The molecule has 1 aliphatic heterocycles. The second-order valence-corrected chi connectivity index (χ2v) is 3.88. The second kappa shape index (κ2) is 4.77. The standard InChI is InChI=1S/C8H18N2O.H2O/c1-8(2,3)11-10-6-4-9-5-7-10;/h9H,4-7H2,1-3H3;1H2. The SMILES string of the molecule is CC(C)(C)ON1CCNCC1.O. The van der Waals surface area contributed by atoms with Crippen LogP contribution in [0.1, 0.15) is 20.8 Å². The van der Waals surface area contributed by atoms with Crippen LogP contribution < -0.4 is 5.32 Å². The van der Waals surface area contributed by atoms with Crippen LogP contribution in [0.25, 0.3) is 0 Å². The van der Waals surface area contributed by atoms with Crippen molar-refractivity contribution in [1.29, 1.82) is 0 Å². The Morgan fingerprint density at radius 2 is 1.67 bits per heavy atom. The van der Waals surface area contributed by atoms with Crippen LogP contribution in [0.2, 0.25) is 0 Å². The summed E-state index contributed by atoms with van der Waals surface area (Å²) >= 11 is 0. The van der Waals surface area contributed by atoms with E-state index < -0.39 is 0 Å². The molecule has 0 amide bonds. The Morgan fingerprint density at radius 1 is 1.17 bits per heavy atom. The zero-order chi connectivity index (χ0) is 8.32. The van der Waals surface area contributed by atoms with E-state index in [1.165, 1.54) is 0 Å². The lowest BCUT2D eigenvalue weighted by Crippen LogP contribution is -2.46. The molecule has 0 aliphatic carbocycles. The second-order valence-electron chi connectivity index (χ2n) is 3.88. The summed E-state index contributed by atoms with van der Waals surface area (Å²) in [4.78, 5) is 5.67. The van der Waals surface area contributed by atoms with Gasteiger partial charge in [0.2, 0.25) is 0 Å². The monoisotopic (exact) mass is 176 g/mol. The molecule has 12 heavy (non-hydrogen) atoms. The van der Waals surface area contributed by atoms with Crippen LogP contribution in [0, 0.1) is 0 Å². The van der Waals surface area contributed by atoms with Crippen molar-refractivity contribution >= 4 is 0 Å². The third-order valence-corrected chi connectivity index (χ3v) is 1.48. The number of hydroxylamine groups is 2. The zero-order valence-corrected chi connectivity index (χ0v) is 8.18. The van der Waals surface area contributed by atoms with Gasteiger partial charge in [-0.25, -0.2) is 0 Å². The Kier molecular flexibility index (Phi) is 4.70. The Balaban J connectivity index is 0.00000121. The molecule has 1 rings (SSSR count). The van der Waals surface area contributed by atoms with Crippen LogP contribution in [-0.2, 0) is 4.84 Å². The van der Waals surface area contributed by atoms with E-state index in [0.717, 1.165) is 26.2 Å². The fraction of sp³-hybridized carbons (Fsp3) is 1.00. The molecule has 4 nitrogen and oxygen atoms in total. The first-order chi connectivity index (χ1) is 5.08. The van der Waals surface area contributed by atoms with E-state index >= 15 is 0 Å². The number of rotatable bonds is 1. The molecule has 3 N–H and O–H groups in total. The molecule has 0 unspecified atom stereocenters. The Morgan fingerprint density at radius 3 is 2.08 bits per heavy atom. The normalized spacial score (nSPS) is 20.2. The van der Waals surface area contributed by atoms with Gasteiger partial charge >= 0.3 is 0 Å². The summed E-state index contributed by atoms with van der Waals surface area (Å²) in [6.45, 7) is 10.3. The van der Waals surface area contributed by atoms with Crippen LogP contribution in [0.3, 0.4) is 0 Å². The van der Waals surface area contributed by atoms with Crippen molar-refractivity contribution in [2.24, 2.45) is 0 Å². The summed E-state index contributed by atoms with van der Waals surface area (Å²) in [5.41, 5.74) is -0.0443. The van der Waals surface area contributed by atoms with Crippen molar-refractivity contribution in [1.82, 2.24) is 10.4 Å². The van der Waals surface area contributed by atoms with Gasteiger partial charge < -0.3 is 10.8 Å². The summed E-state index contributed by atoms with van der Waals surface area (Å²) in [6.07, 6.45) is 0. The lowest BCUT2D eigenvalue weighted by molar-refractivity contribution is -0.232. The Hall–Kier alpha value is -0.160. The van der Waals surface area contributed by atoms with Crippen molar-refractivity contribution < 1.29 is 10.3 Å². The molecule has 1 aliphatic rings. The third-order valence-electron chi connectivity index (χ3n) is 1.48. The van der Waals surface area contributed by atoms with Crippen molar-refractivity contribution in [3.8, 4) is 0 Å². The van der Waals surface area contributed by atoms with Gasteiger partial charge in [0, 0.05) is 26.2 Å². The van der Waals surface area contributed by atoms with E-state index in [-0.39, 0.29) is 11.1 Å². The van der Waals surface area contributed by atoms with Gasteiger partial charge in [0.05, 0.1) is 5.60 Å². The van der Waals surface area contributed by atoms with Gasteiger partial charge in [0.1, 0.15) is 0 Å². The molecule has 4 heteroatoms. The minimum Gasteiger partial charge on any atom is -0.412 e. The fourth-order valence-corrected chi connectivity index (χ4v) is 1.12. The minimum atomic E-state index is -0.0443. The topological polar surface area (TPSA) is 56.0 Å². The number of piperazine rings is 1. The van der Waals surface area contributed by atoms with E-state index in [1.807, 2.05) is 5.06 Å². The lowest BCUT2D eigenvalue weighted by atomic mass is 10.2. The third kappa shape index (κ3) is 4.66. The Bertz CT molecular complexity index is 117. The highest BCUT2D eigenvalue weighted by Crippen LogP contribution is 2.10. The molecule has 1 saturated heterocycles. The van der Waals surface area contributed by atoms with E-state index in [2.05, 4.69) is 26.1 Å². The molecule has 1 heterocycles. The molecular weight excluding hydrogens is 156 g/mol. The van der Waals surface area contributed by atoms with E-state index in [9.17, 15) is 0 Å². The predicted molar refractivity (Wildman–Crippen MR) is 48.9 cm³/mol. The summed E-state index contributed by atoms with van der Waals surface area (Å²) in [5, 5.41) is 5.32. The minimum absolute atomic E-state index is 0. The average molecular weight is 176 g/mol. The largest absolute Gasteiger partial charge is 0.412 e. The number of hydrogen-bond donors (Lipinski definition) is 1. The molecule has 0 aromatic carbocycles. The summed E-state index contributed by atoms with van der Waals surface area (Å²) < 4.78 is 0. The quantitative estimate of drug-likeness (QED) is 0.602. The first-order valence-corrected chi connectivity index (χ1v) is 4.23. The summed E-state index contributed by atoms with van der Waals surface area (Å²) in [5.74, 6) is 0.